The maximum absolute atomic E-state index is 16.7. The Kier molecular flexibility index (Phi) is 6.46. The molecule has 3 aromatic carbocycles. The summed E-state index contributed by atoms with van der Waals surface area (Å²) in [5, 5.41) is 18.3. The zero-order valence-corrected chi connectivity index (χ0v) is 25.6. The summed E-state index contributed by atoms with van der Waals surface area (Å²) in [4.78, 5) is 14.2. The molecule has 5 fully saturated rings. The molecule has 0 radical (unpaired) electrons. The second-order valence-electron chi connectivity index (χ2n) is 14.5. The number of nitrogens with one attached hydrogen (secondary N) is 2. The molecule has 46 heavy (non-hydrogen) atoms. The summed E-state index contributed by atoms with van der Waals surface area (Å²) >= 11 is 0. The molecular formula is C35H37F3N6O2. The molecule has 1 saturated carbocycles. The van der Waals surface area contributed by atoms with Crippen LogP contribution in [-0.4, -0.2) is 84.5 Å². The zero-order valence-electron chi connectivity index (χ0n) is 25.6. The van der Waals surface area contributed by atoms with Crippen molar-refractivity contribution < 1.29 is 23.0 Å². The molecule has 2 bridgehead atoms. The summed E-state index contributed by atoms with van der Waals surface area (Å²) < 4.78 is 52.6. The number of ether oxygens (including phenoxy) is 1. The number of hydrogen-bond donors (Lipinski definition) is 3. The monoisotopic (exact) mass is 630 g/mol. The quantitative estimate of drug-likeness (QED) is 0.264. The minimum atomic E-state index is -1.09. The zero-order chi connectivity index (χ0) is 31.2. The molecule has 3 N–H and O–H groups in total. The molecule has 4 aliphatic heterocycles. The van der Waals surface area contributed by atoms with Crippen LogP contribution in [0, 0.1) is 28.3 Å². The normalized spacial score (nSPS) is 24.6. The van der Waals surface area contributed by atoms with Crippen LogP contribution < -0.4 is 20.3 Å². The second-order valence-corrected chi connectivity index (χ2v) is 14.5. The van der Waals surface area contributed by atoms with Crippen molar-refractivity contribution in [3.8, 4) is 22.9 Å². The van der Waals surface area contributed by atoms with E-state index in [1.807, 2.05) is 0 Å². The first-order valence-electron chi connectivity index (χ1n) is 16.5. The number of fused-ring (bicyclic) bond motifs is 4. The number of benzene rings is 3. The van der Waals surface area contributed by atoms with Crippen LogP contribution in [0.15, 0.2) is 36.4 Å². The van der Waals surface area contributed by atoms with Crippen molar-refractivity contribution in [1.29, 1.82) is 0 Å². The van der Waals surface area contributed by atoms with Gasteiger partial charge in [0.1, 0.15) is 17.1 Å². The van der Waals surface area contributed by atoms with Gasteiger partial charge in [0.2, 0.25) is 0 Å². The van der Waals surface area contributed by atoms with Crippen molar-refractivity contribution in [3.05, 3.63) is 53.8 Å². The van der Waals surface area contributed by atoms with Crippen LogP contribution in [-0.2, 0) is 0 Å². The minimum Gasteiger partial charge on any atom is -0.508 e. The van der Waals surface area contributed by atoms with E-state index in [9.17, 15) is 9.50 Å². The first-order valence-corrected chi connectivity index (χ1v) is 16.5. The van der Waals surface area contributed by atoms with Crippen molar-refractivity contribution in [2.75, 3.05) is 57.3 Å². The topological polar surface area (TPSA) is 85.8 Å². The highest BCUT2D eigenvalue weighted by Gasteiger charge is 2.51. The molecule has 4 aromatic rings. The Morgan fingerprint density at radius 3 is 2.48 bits per heavy atom. The lowest BCUT2D eigenvalue weighted by Crippen LogP contribution is -2.58. The van der Waals surface area contributed by atoms with Gasteiger partial charge in [0.05, 0.1) is 6.61 Å². The number of rotatable bonds is 7. The smallest absolute Gasteiger partial charge is 0.319 e. The highest BCUT2D eigenvalue weighted by atomic mass is 19.2. The molecule has 11 heteroatoms. The van der Waals surface area contributed by atoms with Gasteiger partial charge in [-0.2, -0.15) is 9.97 Å². The van der Waals surface area contributed by atoms with E-state index in [1.165, 1.54) is 24.6 Å². The fourth-order valence-corrected chi connectivity index (χ4v) is 8.50. The molecular weight excluding hydrogens is 593 g/mol. The summed E-state index contributed by atoms with van der Waals surface area (Å²) in [7, 11) is 0. The second kappa shape index (κ2) is 10.4. The number of halogens is 3. The molecule has 5 aliphatic rings. The lowest BCUT2D eigenvalue weighted by Gasteiger charge is -2.49. The highest BCUT2D eigenvalue weighted by Crippen LogP contribution is 2.49. The Morgan fingerprint density at radius 2 is 1.74 bits per heavy atom. The van der Waals surface area contributed by atoms with Crippen molar-refractivity contribution in [3.63, 3.8) is 0 Å². The molecule has 8 nitrogen and oxygen atoms in total. The van der Waals surface area contributed by atoms with Crippen LogP contribution in [0.1, 0.15) is 32.1 Å². The van der Waals surface area contributed by atoms with E-state index in [0.29, 0.717) is 35.3 Å². The predicted molar refractivity (Wildman–Crippen MR) is 170 cm³/mol. The molecule has 5 heterocycles. The van der Waals surface area contributed by atoms with Gasteiger partial charge in [-0.05, 0) is 73.9 Å². The summed E-state index contributed by atoms with van der Waals surface area (Å²) in [6.07, 6.45) is 5.54. The SMILES string of the molecule is Oc1cc(-c2ccc3c(N4CC5CCC(C4)N5)nc(OCC4(CN5CC6(CCNC6)C5)CC4)nc3c2F)c2c(F)c(F)ccc2c1. The molecule has 2 atom stereocenters. The van der Waals surface area contributed by atoms with E-state index in [1.54, 1.807) is 12.1 Å². The molecule has 4 saturated heterocycles. The lowest BCUT2D eigenvalue weighted by molar-refractivity contribution is -0.00521. The number of hydrogen-bond acceptors (Lipinski definition) is 8. The number of phenolic OH excluding ortho intramolecular Hbond substituents is 1. The third-order valence-electron chi connectivity index (χ3n) is 11.0. The Bertz CT molecular complexity index is 1860. The number of aromatic nitrogens is 2. The summed E-state index contributed by atoms with van der Waals surface area (Å²) in [6.45, 7) is 7.34. The van der Waals surface area contributed by atoms with Gasteiger partial charge in [0.15, 0.2) is 17.5 Å². The van der Waals surface area contributed by atoms with Crippen molar-refractivity contribution in [2.24, 2.45) is 10.8 Å². The lowest BCUT2D eigenvalue weighted by atomic mass is 9.78. The Hall–Kier alpha value is -3.67. The molecule has 1 aliphatic carbocycles. The van der Waals surface area contributed by atoms with Crippen LogP contribution in [0.25, 0.3) is 32.8 Å². The van der Waals surface area contributed by atoms with Crippen LogP contribution in [0.3, 0.4) is 0 Å². The molecule has 1 aromatic heterocycles. The molecule has 1 spiro atoms. The van der Waals surface area contributed by atoms with Gasteiger partial charge >= 0.3 is 6.01 Å². The molecule has 240 valence electrons. The standard InChI is InChI=1S/C35H37F3N6O2/c36-27-6-1-20-11-23(45)12-26(28(20)30(27)38)24-4-5-25-31(29(24)37)41-33(42-32(25)44-13-21-2-3-22(14-44)40-21)46-19-34(7-8-34)16-43-17-35(18-43)9-10-39-15-35/h1,4-6,11-12,21-22,39-40,45H,2-3,7-10,13-19H2. The molecule has 0 amide bonds. The van der Waals surface area contributed by atoms with E-state index in [4.69, 9.17) is 9.72 Å². The minimum absolute atomic E-state index is 0.0145. The molecule has 2 unspecified atom stereocenters. The van der Waals surface area contributed by atoms with Gasteiger partial charge in [-0.1, -0.05) is 12.1 Å². The number of likely N-dealkylation sites (tertiary alicyclic amines) is 1. The first kappa shape index (κ1) is 28.5. The van der Waals surface area contributed by atoms with Crippen LogP contribution in [0.2, 0.25) is 0 Å². The number of phenols is 1. The summed E-state index contributed by atoms with van der Waals surface area (Å²) in [5.41, 5.74) is 0.598. The van der Waals surface area contributed by atoms with Crippen molar-refractivity contribution in [1.82, 2.24) is 25.5 Å². The Labute approximate surface area is 264 Å². The maximum Gasteiger partial charge on any atom is 0.319 e. The first-order chi connectivity index (χ1) is 22.3. The van der Waals surface area contributed by atoms with Gasteiger partial charge in [-0.15, -0.1) is 0 Å². The van der Waals surface area contributed by atoms with E-state index in [2.05, 4.69) is 25.4 Å². The van der Waals surface area contributed by atoms with Crippen LogP contribution in [0.5, 0.6) is 11.8 Å². The number of aromatic hydroxyl groups is 1. The number of anilines is 1. The third kappa shape index (κ3) is 4.77. The predicted octanol–water partition coefficient (Wildman–Crippen LogP) is 4.97. The number of nitrogens with zero attached hydrogens (tertiary/aromatic N) is 4. The van der Waals surface area contributed by atoms with Gasteiger partial charge < -0.3 is 30.3 Å². The van der Waals surface area contributed by atoms with E-state index < -0.39 is 17.5 Å². The van der Waals surface area contributed by atoms with Gasteiger partial charge in [0, 0.05) is 78.5 Å². The van der Waals surface area contributed by atoms with Crippen LogP contribution in [0.4, 0.5) is 19.0 Å². The van der Waals surface area contributed by atoms with Gasteiger partial charge in [-0.3, -0.25) is 0 Å². The fourth-order valence-electron chi connectivity index (χ4n) is 8.50. The highest BCUT2D eigenvalue weighted by molar-refractivity contribution is 6.01. The van der Waals surface area contributed by atoms with Gasteiger partial charge in [0.25, 0.3) is 0 Å². The van der Waals surface area contributed by atoms with Crippen molar-refractivity contribution >= 4 is 27.5 Å². The molecule has 9 rings (SSSR count). The van der Waals surface area contributed by atoms with E-state index in [0.717, 1.165) is 77.6 Å². The van der Waals surface area contributed by atoms with E-state index >= 15 is 8.78 Å². The van der Waals surface area contributed by atoms with Crippen LogP contribution >= 0.6 is 0 Å². The summed E-state index contributed by atoms with van der Waals surface area (Å²) in [6, 6.07) is 9.04. The maximum atomic E-state index is 16.7. The van der Waals surface area contributed by atoms with Crippen molar-refractivity contribution in [2.45, 2.75) is 44.2 Å². The largest absolute Gasteiger partial charge is 0.508 e. The fraction of sp³-hybridized carbons (Fsp3) is 0.486. The Balaban J connectivity index is 1.08. The van der Waals surface area contributed by atoms with Gasteiger partial charge in [-0.25, -0.2) is 13.2 Å². The van der Waals surface area contributed by atoms with E-state index in [-0.39, 0.29) is 44.6 Å². The summed E-state index contributed by atoms with van der Waals surface area (Å²) in [5.74, 6) is -2.40. The average molecular weight is 631 g/mol. The Morgan fingerprint density at radius 1 is 0.935 bits per heavy atom. The average Bonchev–Trinajstić information content (AvgIpc) is 3.46. The number of piperazine rings is 1. The third-order valence-corrected chi connectivity index (χ3v) is 11.0.